The summed E-state index contributed by atoms with van der Waals surface area (Å²) < 4.78 is 1.45. The van der Waals surface area contributed by atoms with Crippen LogP contribution in [0.25, 0.3) is 38.9 Å². The van der Waals surface area contributed by atoms with E-state index in [2.05, 4.69) is 15.0 Å². The van der Waals surface area contributed by atoms with Gasteiger partial charge in [0, 0.05) is 22.7 Å². The van der Waals surface area contributed by atoms with Crippen molar-refractivity contribution >= 4 is 27.9 Å². The number of H-pyrrole nitrogens is 1. The third-order valence-electron chi connectivity index (χ3n) is 5.11. The first-order chi connectivity index (χ1) is 14.5. The monoisotopic (exact) mass is 400 g/mol. The summed E-state index contributed by atoms with van der Waals surface area (Å²) in [6.45, 7) is 0. The molecule has 0 atom stereocenters. The molecule has 0 spiro atoms. The summed E-state index contributed by atoms with van der Waals surface area (Å²) in [4.78, 5) is 23.1. The van der Waals surface area contributed by atoms with Crippen molar-refractivity contribution in [3.8, 4) is 28.6 Å². The number of rotatable bonds is 4. The zero-order valence-electron chi connectivity index (χ0n) is 15.6. The van der Waals surface area contributed by atoms with Gasteiger partial charge in [0.1, 0.15) is 0 Å². The number of carbonyl (C=O) groups is 1. The van der Waals surface area contributed by atoms with Crippen LogP contribution in [0.1, 0.15) is 5.56 Å². The summed E-state index contributed by atoms with van der Waals surface area (Å²) in [5.41, 5.74) is 3.92. The van der Waals surface area contributed by atoms with Crippen LogP contribution in [0, 0.1) is 0 Å². The molecule has 0 saturated heterocycles. The maximum absolute atomic E-state index is 11.5. The van der Waals surface area contributed by atoms with E-state index >= 15 is 0 Å². The number of carboxylic acids is 1. The number of aromatic amines is 1. The van der Waals surface area contributed by atoms with Crippen molar-refractivity contribution in [2.24, 2.45) is 0 Å². The molecule has 0 radical (unpaired) electrons. The normalized spacial score (nSPS) is 11.3. The van der Waals surface area contributed by atoms with Crippen molar-refractivity contribution in [2.75, 3.05) is 0 Å². The predicted octanol–water partition coefficient (Wildman–Crippen LogP) is 3.61. The zero-order valence-corrected chi connectivity index (χ0v) is 15.6. The van der Waals surface area contributed by atoms with E-state index in [1.165, 1.54) is 4.57 Å². The van der Waals surface area contributed by atoms with Gasteiger partial charge in [-0.25, -0.2) is 4.98 Å². The van der Waals surface area contributed by atoms with Crippen LogP contribution in [0.3, 0.4) is 0 Å². The highest BCUT2D eigenvalue weighted by Gasteiger charge is 2.27. The Bertz CT molecular complexity index is 1430. The number of benzene rings is 2. The van der Waals surface area contributed by atoms with Gasteiger partial charge in [0.25, 0.3) is 0 Å². The molecule has 0 amide bonds. The lowest BCUT2D eigenvalue weighted by atomic mass is 10.0. The van der Waals surface area contributed by atoms with Gasteiger partial charge in [-0.1, -0.05) is 18.2 Å². The Morgan fingerprint density at radius 3 is 2.70 bits per heavy atom. The lowest BCUT2D eigenvalue weighted by Gasteiger charge is -2.14. The van der Waals surface area contributed by atoms with Crippen LogP contribution in [-0.4, -0.2) is 40.8 Å². The number of aliphatic carboxylic acids is 1. The third kappa shape index (κ3) is 2.66. The molecule has 0 aliphatic carbocycles. The van der Waals surface area contributed by atoms with Crippen LogP contribution in [0.2, 0.25) is 0 Å². The second kappa shape index (κ2) is 6.63. The molecule has 8 nitrogen and oxygen atoms in total. The van der Waals surface area contributed by atoms with E-state index in [1.54, 1.807) is 36.8 Å². The Kier molecular flexibility index (Phi) is 3.92. The SMILES string of the molecule is O=C(O)Cc1c(O)c(O)n(-c2ccc3nc[nH]c3c2)c1-c1ccnc2ccccc12. The average molecular weight is 400 g/mol. The number of aromatic nitrogens is 4. The fraction of sp³-hybridized carbons (Fsp3) is 0.0455. The molecule has 30 heavy (non-hydrogen) atoms. The number of nitrogens with zero attached hydrogens (tertiary/aromatic N) is 3. The van der Waals surface area contributed by atoms with Gasteiger partial charge in [-0.15, -0.1) is 0 Å². The number of carboxylic acid groups (broad SMARTS) is 1. The van der Waals surface area contributed by atoms with Gasteiger partial charge < -0.3 is 20.3 Å². The highest BCUT2D eigenvalue weighted by molar-refractivity contribution is 5.96. The molecule has 4 N–H and O–H groups in total. The minimum Gasteiger partial charge on any atom is -0.503 e. The number of fused-ring (bicyclic) bond motifs is 2. The lowest BCUT2D eigenvalue weighted by Crippen LogP contribution is -2.04. The summed E-state index contributed by atoms with van der Waals surface area (Å²) >= 11 is 0. The first-order valence-corrected chi connectivity index (χ1v) is 9.19. The van der Waals surface area contributed by atoms with Crippen LogP contribution >= 0.6 is 0 Å². The van der Waals surface area contributed by atoms with Crippen LogP contribution in [0.4, 0.5) is 0 Å². The van der Waals surface area contributed by atoms with E-state index in [1.807, 2.05) is 24.3 Å². The van der Waals surface area contributed by atoms with E-state index < -0.39 is 24.0 Å². The van der Waals surface area contributed by atoms with E-state index in [0.717, 1.165) is 16.4 Å². The second-order valence-corrected chi connectivity index (χ2v) is 6.88. The van der Waals surface area contributed by atoms with Crippen LogP contribution in [-0.2, 0) is 11.2 Å². The minimum atomic E-state index is -1.12. The van der Waals surface area contributed by atoms with Crippen LogP contribution in [0.5, 0.6) is 11.6 Å². The molecule has 5 aromatic rings. The van der Waals surface area contributed by atoms with Crippen molar-refractivity contribution < 1.29 is 20.1 Å². The van der Waals surface area contributed by atoms with Gasteiger partial charge in [-0.3, -0.25) is 14.3 Å². The number of hydrogen-bond donors (Lipinski definition) is 4. The standard InChI is InChI=1S/C22H16N4O4/c27-19(28)10-15-20(14-7-8-23-16-4-2-1-3-13(14)16)26(22(30)21(15)29)12-5-6-17-18(9-12)25-11-24-17/h1-9,11,29-30H,10H2,(H,24,25)(H,27,28). The lowest BCUT2D eigenvalue weighted by molar-refractivity contribution is -0.136. The minimum absolute atomic E-state index is 0.126. The van der Waals surface area contributed by atoms with E-state index in [4.69, 9.17) is 0 Å². The molecule has 148 valence electrons. The molecule has 3 aromatic heterocycles. The van der Waals surface area contributed by atoms with Crippen LogP contribution in [0.15, 0.2) is 61.1 Å². The molecule has 0 aliphatic heterocycles. The third-order valence-corrected chi connectivity index (χ3v) is 5.11. The molecular formula is C22H16N4O4. The van der Waals surface area contributed by atoms with Gasteiger partial charge in [-0.2, -0.15) is 0 Å². The molecule has 0 bridgehead atoms. The molecule has 5 rings (SSSR count). The first kappa shape index (κ1) is 17.7. The van der Waals surface area contributed by atoms with Gasteiger partial charge in [-0.05, 0) is 30.3 Å². The summed E-state index contributed by atoms with van der Waals surface area (Å²) in [7, 11) is 0. The molecule has 3 heterocycles. The number of aromatic hydroxyl groups is 2. The van der Waals surface area contributed by atoms with Crippen LogP contribution < -0.4 is 0 Å². The molecule has 0 saturated carbocycles. The average Bonchev–Trinajstić information content (AvgIpc) is 3.31. The molecule has 0 unspecified atom stereocenters. The number of imidazole rings is 1. The fourth-order valence-corrected chi connectivity index (χ4v) is 3.81. The number of nitrogens with one attached hydrogen (secondary N) is 1. The Hall–Kier alpha value is -4.33. The van der Waals surface area contributed by atoms with Crippen molar-refractivity contribution in [3.63, 3.8) is 0 Å². The predicted molar refractivity (Wildman–Crippen MR) is 111 cm³/mol. The Morgan fingerprint density at radius 2 is 1.87 bits per heavy atom. The van der Waals surface area contributed by atoms with Crippen molar-refractivity contribution in [1.82, 2.24) is 19.5 Å². The highest BCUT2D eigenvalue weighted by atomic mass is 16.4. The summed E-state index contributed by atoms with van der Waals surface area (Å²) in [5.74, 6) is -2.01. The fourth-order valence-electron chi connectivity index (χ4n) is 3.81. The smallest absolute Gasteiger partial charge is 0.308 e. The number of pyridine rings is 1. The van der Waals surface area contributed by atoms with Crippen molar-refractivity contribution in [2.45, 2.75) is 6.42 Å². The van der Waals surface area contributed by atoms with Crippen molar-refractivity contribution in [3.05, 3.63) is 66.6 Å². The van der Waals surface area contributed by atoms with Gasteiger partial charge in [0.15, 0.2) is 5.75 Å². The molecule has 0 aliphatic rings. The Morgan fingerprint density at radius 1 is 1.03 bits per heavy atom. The molecular weight excluding hydrogens is 384 g/mol. The summed E-state index contributed by atoms with van der Waals surface area (Å²) in [6, 6.07) is 14.5. The number of para-hydroxylation sites is 1. The maximum Gasteiger partial charge on any atom is 0.308 e. The van der Waals surface area contributed by atoms with E-state index in [0.29, 0.717) is 22.5 Å². The zero-order chi connectivity index (χ0) is 20.8. The highest BCUT2D eigenvalue weighted by Crippen LogP contribution is 2.45. The first-order valence-electron chi connectivity index (χ1n) is 9.19. The van der Waals surface area contributed by atoms with Gasteiger partial charge >= 0.3 is 5.97 Å². The van der Waals surface area contributed by atoms with Crippen molar-refractivity contribution in [1.29, 1.82) is 0 Å². The van der Waals surface area contributed by atoms with Gasteiger partial charge in [0.2, 0.25) is 5.88 Å². The topological polar surface area (TPSA) is 124 Å². The maximum atomic E-state index is 11.5. The number of hydrogen-bond acceptors (Lipinski definition) is 5. The quantitative estimate of drug-likeness (QED) is 0.365. The second-order valence-electron chi connectivity index (χ2n) is 6.88. The Balaban J connectivity index is 1.88. The summed E-state index contributed by atoms with van der Waals surface area (Å²) in [5, 5.41) is 31.7. The van der Waals surface area contributed by atoms with E-state index in [9.17, 15) is 20.1 Å². The molecule has 0 fully saturated rings. The summed E-state index contributed by atoms with van der Waals surface area (Å²) in [6.07, 6.45) is 2.73. The Labute approximate surface area is 169 Å². The largest absolute Gasteiger partial charge is 0.503 e. The molecule has 8 heteroatoms. The molecule has 2 aromatic carbocycles. The van der Waals surface area contributed by atoms with E-state index in [-0.39, 0.29) is 5.56 Å². The van der Waals surface area contributed by atoms with Gasteiger partial charge in [0.05, 0.1) is 40.7 Å².